The van der Waals surface area contributed by atoms with Gasteiger partial charge >= 0.3 is 12.3 Å². The van der Waals surface area contributed by atoms with Crippen molar-refractivity contribution >= 4 is 11.9 Å². The fourth-order valence-corrected chi connectivity index (χ4v) is 2.77. The van der Waals surface area contributed by atoms with Crippen LogP contribution >= 0.6 is 0 Å². The molecule has 1 aromatic carbocycles. The quantitative estimate of drug-likeness (QED) is 0.868. The molecule has 0 aliphatic carbocycles. The molecule has 5 nitrogen and oxygen atoms in total. The largest absolute Gasteiger partial charge is 0.416 e. The number of nitrogens with one attached hydrogen (secondary N) is 1. The first kappa shape index (κ1) is 19.0. The number of carbonyl (C=O) groups is 1. The van der Waals surface area contributed by atoms with Crippen LogP contribution in [0.4, 0.5) is 23.8 Å². The number of alkyl halides is 3. The van der Waals surface area contributed by atoms with Gasteiger partial charge in [-0.1, -0.05) is 6.07 Å². The topological polar surface area (TPSA) is 54.5 Å². The molecule has 3 rings (SSSR count). The average molecular weight is 379 g/mol. The molecule has 0 saturated carbocycles. The molecule has 1 N–H and O–H groups in total. The van der Waals surface area contributed by atoms with Crippen LogP contribution in [0.5, 0.6) is 5.75 Å². The summed E-state index contributed by atoms with van der Waals surface area (Å²) in [4.78, 5) is 18.0. The molecule has 27 heavy (non-hydrogen) atoms. The zero-order valence-electron chi connectivity index (χ0n) is 14.8. The Kier molecular flexibility index (Phi) is 5.53. The number of anilines is 1. The second kappa shape index (κ2) is 7.85. The summed E-state index contributed by atoms with van der Waals surface area (Å²) >= 11 is 0. The molecule has 2 heterocycles. The van der Waals surface area contributed by atoms with Crippen LogP contribution < -0.4 is 10.1 Å². The van der Waals surface area contributed by atoms with E-state index in [4.69, 9.17) is 4.74 Å². The third-order valence-electron chi connectivity index (χ3n) is 4.35. The molecule has 2 aromatic rings. The van der Waals surface area contributed by atoms with Crippen molar-refractivity contribution in [2.75, 3.05) is 25.5 Å². The molecule has 0 bridgehead atoms. The van der Waals surface area contributed by atoms with Gasteiger partial charge in [0.1, 0.15) is 11.6 Å². The lowest BCUT2D eigenvalue weighted by Gasteiger charge is -2.19. The van der Waals surface area contributed by atoms with Gasteiger partial charge in [0.15, 0.2) is 0 Å². The van der Waals surface area contributed by atoms with Crippen LogP contribution in [0.15, 0.2) is 36.4 Å². The lowest BCUT2D eigenvalue weighted by atomic mass is 10.1. The number of ether oxygens (including phenoxy) is 1. The van der Waals surface area contributed by atoms with Crippen molar-refractivity contribution in [2.45, 2.75) is 25.4 Å². The number of amides is 1. The van der Waals surface area contributed by atoms with Crippen LogP contribution in [0.1, 0.15) is 23.2 Å². The number of aryl methyl sites for hydroxylation is 1. The average Bonchev–Trinajstić information content (AvgIpc) is 2.65. The van der Waals surface area contributed by atoms with Gasteiger partial charge in [-0.2, -0.15) is 13.2 Å². The highest BCUT2D eigenvalue weighted by molar-refractivity contribution is 5.70. The zero-order valence-corrected chi connectivity index (χ0v) is 14.8. The molecule has 144 valence electrons. The Morgan fingerprint density at radius 3 is 2.67 bits per heavy atom. The van der Waals surface area contributed by atoms with Crippen molar-refractivity contribution in [1.29, 1.82) is 0 Å². The third-order valence-corrected chi connectivity index (χ3v) is 4.35. The van der Waals surface area contributed by atoms with Crippen LogP contribution in [0.2, 0.25) is 0 Å². The fourth-order valence-electron chi connectivity index (χ4n) is 2.77. The van der Waals surface area contributed by atoms with Gasteiger partial charge in [-0.05, 0) is 48.7 Å². The van der Waals surface area contributed by atoms with Crippen LogP contribution in [0.25, 0.3) is 0 Å². The van der Waals surface area contributed by atoms with Gasteiger partial charge in [-0.3, -0.25) is 0 Å². The van der Waals surface area contributed by atoms with Crippen molar-refractivity contribution in [2.24, 2.45) is 0 Å². The number of fused-ring (bicyclic) bond motifs is 1. The predicted molar refractivity (Wildman–Crippen MR) is 94.8 cm³/mol. The SMILES string of the molecule is CN(CCc1ccc2c(n1)NCCC2)C(=O)Oc1ccc(C(F)(F)F)cc1. The van der Waals surface area contributed by atoms with Gasteiger partial charge in [-0.25, -0.2) is 9.78 Å². The normalized spacial score (nSPS) is 13.5. The number of hydrogen-bond acceptors (Lipinski definition) is 4. The number of hydrogen-bond donors (Lipinski definition) is 1. The van der Waals surface area contributed by atoms with E-state index in [1.807, 2.05) is 12.1 Å². The van der Waals surface area contributed by atoms with E-state index in [1.165, 1.54) is 10.5 Å². The van der Waals surface area contributed by atoms with E-state index in [9.17, 15) is 18.0 Å². The van der Waals surface area contributed by atoms with Crippen LogP contribution in [-0.2, 0) is 19.0 Å². The highest BCUT2D eigenvalue weighted by Crippen LogP contribution is 2.30. The van der Waals surface area contributed by atoms with Gasteiger partial charge in [0.05, 0.1) is 5.56 Å². The molecular weight excluding hydrogens is 359 g/mol. The number of carbonyl (C=O) groups excluding carboxylic acids is 1. The summed E-state index contributed by atoms with van der Waals surface area (Å²) in [5, 5.41) is 3.26. The molecule has 1 aliphatic rings. The number of pyridine rings is 1. The third kappa shape index (κ3) is 4.90. The van der Waals surface area contributed by atoms with Gasteiger partial charge in [0.25, 0.3) is 0 Å². The highest BCUT2D eigenvalue weighted by atomic mass is 19.4. The molecule has 0 radical (unpaired) electrons. The summed E-state index contributed by atoms with van der Waals surface area (Å²) in [5.74, 6) is 0.963. The Morgan fingerprint density at radius 2 is 1.96 bits per heavy atom. The number of aromatic nitrogens is 1. The maximum atomic E-state index is 12.6. The number of likely N-dealkylation sites (N-methyl/N-ethyl adjacent to an activating group) is 1. The monoisotopic (exact) mass is 379 g/mol. The lowest BCUT2D eigenvalue weighted by Crippen LogP contribution is -2.31. The van der Waals surface area contributed by atoms with E-state index < -0.39 is 17.8 Å². The molecular formula is C19H20F3N3O2. The van der Waals surface area contributed by atoms with Crippen LogP contribution in [0.3, 0.4) is 0 Å². The van der Waals surface area contributed by atoms with Crippen LogP contribution in [0, 0.1) is 0 Å². The van der Waals surface area contributed by atoms with E-state index in [0.29, 0.717) is 13.0 Å². The van der Waals surface area contributed by atoms with Gasteiger partial charge in [0, 0.05) is 32.3 Å². The molecule has 0 unspecified atom stereocenters. The first-order chi connectivity index (χ1) is 12.8. The summed E-state index contributed by atoms with van der Waals surface area (Å²) in [5.41, 5.74) is 1.26. The fraction of sp³-hybridized carbons (Fsp3) is 0.368. The summed E-state index contributed by atoms with van der Waals surface area (Å²) in [6, 6.07) is 8.01. The maximum Gasteiger partial charge on any atom is 0.416 e. The van der Waals surface area contributed by atoms with E-state index in [1.54, 1.807) is 7.05 Å². The molecule has 1 aliphatic heterocycles. The molecule has 1 aromatic heterocycles. The molecule has 0 spiro atoms. The van der Waals surface area contributed by atoms with Gasteiger partial charge in [0.2, 0.25) is 0 Å². The number of halogens is 3. The maximum absolute atomic E-state index is 12.6. The van der Waals surface area contributed by atoms with E-state index in [2.05, 4.69) is 10.3 Å². The van der Waals surface area contributed by atoms with E-state index in [-0.39, 0.29) is 5.75 Å². The second-order valence-corrected chi connectivity index (χ2v) is 6.40. The summed E-state index contributed by atoms with van der Waals surface area (Å²) in [6.45, 7) is 1.29. The Labute approximate surface area is 155 Å². The number of rotatable bonds is 4. The first-order valence-electron chi connectivity index (χ1n) is 8.66. The summed E-state index contributed by atoms with van der Waals surface area (Å²) < 4.78 is 42.8. The van der Waals surface area contributed by atoms with Crippen LogP contribution in [-0.4, -0.2) is 36.1 Å². The second-order valence-electron chi connectivity index (χ2n) is 6.40. The zero-order chi connectivity index (χ0) is 19.4. The van der Waals surface area contributed by atoms with Crippen molar-refractivity contribution in [3.8, 4) is 5.75 Å². The molecule has 8 heteroatoms. The van der Waals surface area contributed by atoms with Gasteiger partial charge in [-0.15, -0.1) is 0 Å². The van der Waals surface area contributed by atoms with Crippen molar-refractivity contribution in [3.05, 3.63) is 53.2 Å². The van der Waals surface area contributed by atoms with Crippen molar-refractivity contribution in [3.63, 3.8) is 0 Å². The standard InChI is InChI=1S/C19H20F3N3O2/c1-25(12-10-15-7-4-13-3-2-11-23-17(13)24-15)18(26)27-16-8-5-14(6-9-16)19(20,21)22/h4-9H,2-3,10-12H2,1H3,(H,23,24). The van der Waals surface area contributed by atoms with Crippen molar-refractivity contribution in [1.82, 2.24) is 9.88 Å². The van der Waals surface area contributed by atoms with E-state index >= 15 is 0 Å². The highest BCUT2D eigenvalue weighted by Gasteiger charge is 2.30. The minimum absolute atomic E-state index is 0.0657. The molecule has 0 fully saturated rings. The minimum atomic E-state index is -4.42. The number of benzene rings is 1. The first-order valence-corrected chi connectivity index (χ1v) is 8.66. The Bertz CT molecular complexity index is 807. The Morgan fingerprint density at radius 1 is 1.22 bits per heavy atom. The van der Waals surface area contributed by atoms with E-state index in [0.717, 1.165) is 55.2 Å². The minimum Gasteiger partial charge on any atom is -0.410 e. The van der Waals surface area contributed by atoms with Crippen molar-refractivity contribution < 1.29 is 22.7 Å². The Hall–Kier alpha value is -2.77. The summed E-state index contributed by atoms with van der Waals surface area (Å²) in [6.07, 6.45) is -2.41. The van der Waals surface area contributed by atoms with Gasteiger partial charge < -0.3 is 15.0 Å². The summed E-state index contributed by atoms with van der Waals surface area (Å²) in [7, 11) is 1.57. The molecule has 0 saturated heterocycles. The predicted octanol–water partition coefficient (Wildman–Crippen LogP) is 4.13. The molecule has 1 amide bonds. The smallest absolute Gasteiger partial charge is 0.410 e. The lowest BCUT2D eigenvalue weighted by molar-refractivity contribution is -0.137. The molecule has 0 atom stereocenters. The Balaban J connectivity index is 1.53. The number of nitrogens with zero attached hydrogens (tertiary/aromatic N) is 2.